The molecule has 2 atom stereocenters. The molecule has 0 amide bonds. The number of nitrogens with one attached hydrogen (secondary N) is 1. The van der Waals surface area contributed by atoms with Gasteiger partial charge in [-0.3, -0.25) is 0 Å². The van der Waals surface area contributed by atoms with Crippen molar-refractivity contribution in [2.75, 3.05) is 12.3 Å². The van der Waals surface area contributed by atoms with Crippen molar-refractivity contribution < 1.29 is 4.39 Å². The van der Waals surface area contributed by atoms with Crippen molar-refractivity contribution in [2.24, 2.45) is 0 Å². The lowest BCUT2D eigenvalue weighted by molar-refractivity contribution is 0.484. The molecule has 3 heteroatoms. The molecule has 3 rings (SSSR count). The van der Waals surface area contributed by atoms with E-state index in [1.807, 2.05) is 23.9 Å². The highest BCUT2D eigenvalue weighted by Gasteiger charge is 2.21. The first-order valence-corrected chi connectivity index (χ1v) is 8.43. The van der Waals surface area contributed by atoms with Gasteiger partial charge >= 0.3 is 0 Å². The van der Waals surface area contributed by atoms with E-state index in [4.69, 9.17) is 0 Å². The Morgan fingerprint density at radius 2 is 2.05 bits per heavy atom. The van der Waals surface area contributed by atoms with Crippen LogP contribution < -0.4 is 5.32 Å². The summed E-state index contributed by atoms with van der Waals surface area (Å²) in [6.45, 7) is 3.14. The van der Waals surface area contributed by atoms with Crippen LogP contribution >= 0.6 is 11.8 Å². The summed E-state index contributed by atoms with van der Waals surface area (Å²) in [5.41, 5.74) is 2.46. The third kappa shape index (κ3) is 3.47. The molecule has 0 aliphatic carbocycles. The molecule has 1 nitrogen and oxygen atoms in total. The number of fused-ring (bicyclic) bond motifs is 1. The van der Waals surface area contributed by atoms with Crippen LogP contribution in [0.5, 0.6) is 0 Å². The molecule has 1 N–H and O–H groups in total. The Labute approximate surface area is 130 Å². The molecule has 1 heterocycles. The number of benzene rings is 2. The van der Waals surface area contributed by atoms with Crippen LogP contribution in [0.1, 0.15) is 36.4 Å². The highest BCUT2D eigenvalue weighted by Crippen LogP contribution is 2.36. The fourth-order valence-electron chi connectivity index (χ4n) is 2.80. The minimum absolute atomic E-state index is 0.140. The van der Waals surface area contributed by atoms with E-state index in [1.165, 1.54) is 10.5 Å². The van der Waals surface area contributed by atoms with Crippen LogP contribution in [0.2, 0.25) is 0 Å². The minimum atomic E-state index is -0.140. The van der Waals surface area contributed by atoms with Crippen molar-refractivity contribution in [2.45, 2.75) is 30.2 Å². The van der Waals surface area contributed by atoms with Crippen LogP contribution in [0.15, 0.2) is 53.4 Å². The van der Waals surface area contributed by atoms with E-state index in [-0.39, 0.29) is 11.9 Å². The van der Waals surface area contributed by atoms with E-state index in [9.17, 15) is 4.39 Å². The topological polar surface area (TPSA) is 12.0 Å². The Morgan fingerprint density at radius 1 is 1.24 bits per heavy atom. The molecule has 0 aromatic heterocycles. The average Bonchev–Trinajstić information content (AvgIpc) is 2.53. The lowest BCUT2D eigenvalue weighted by Gasteiger charge is -2.27. The van der Waals surface area contributed by atoms with Gasteiger partial charge in [0.05, 0.1) is 0 Å². The molecule has 1 aliphatic rings. The van der Waals surface area contributed by atoms with Gasteiger partial charge in [0.2, 0.25) is 0 Å². The van der Waals surface area contributed by atoms with Crippen molar-refractivity contribution in [3.8, 4) is 0 Å². The standard InChI is InChI=1S/C18H20FNS/c1-13(14-5-3-2-4-6-14)12-20-17-9-10-21-18-8-7-15(19)11-16(17)18/h2-8,11,13,17,20H,9-10,12H2,1H3. The van der Waals surface area contributed by atoms with Crippen molar-refractivity contribution >= 4 is 11.8 Å². The molecule has 0 saturated heterocycles. The summed E-state index contributed by atoms with van der Waals surface area (Å²) in [7, 11) is 0. The SMILES string of the molecule is CC(CNC1CCSc2ccc(F)cc21)c1ccccc1. The highest BCUT2D eigenvalue weighted by molar-refractivity contribution is 7.99. The van der Waals surface area contributed by atoms with E-state index in [1.54, 1.807) is 12.1 Å². The van der Waals surface area contributed by atoms with E-state index in [2.05, 4.69) is 36.5 Å². The van der Waals surface area contributed by atoms with Gasteiger partial charge < -0.3 is 5.32 Å². The number of hydrogen-bond donors (Lipinski definition) is 1. The molecule has 0 bridgehead atoms. The summed E-state index contributed by atoms with van der Waals surface area (Å²) < 4.78 is 13.5. The Hall–Kier alpha value is -1.32. The first-order chi connectivity index (χ1) is 10.2. The van der Waals surface area contributed by atoms with E-state index in [0.29, 0.717) is 5.92 Å². The average molecular weight is 301 g/mol. The quantitative estimate of drug-likeness (QED) is 0.874. The van der Waals surface area contributed by atoms with Gasteiger partial charge in [0.15, 0.2) is 0 Å². The van der Waals surface area contributed by atoms with Gasteiger partial charge in [-0.25, -0.2) is 4.39 Å². The Bertz CT molecular complexity index is 599. The molecule has 21 heavy (non-hydrogen) atoms. The Morgan fingerprint density at radius 3 is 2.86 bits per heavy atom. The summed E-state index contributed by atoms with van der Waals surface area (Å²) >= 11 is 1.83. The van der Waals surface area contributed by atoms with E-state index < -0.39 is 0 Å². The molecule has 0 spiro atoms. The molecular formula is C18H20FNS. The van der Waals surface area contributed by atoms with Crippen LogP contribution in [-0.4, -0.2) is 12.3 Å². The fraction of sp³-hybridized carbons (Fsp3) is 0.333. The summed E-state index contributed by atoms with van der Waals surface area (Å²) in [5.74, 6) is 1.41. The van der Waals surface area contributed by atoms with Gasteiger partial charge in [-0.15, -0.1) is 11.8 Å². The molecule has 0 saturated carbocycles. The maximum atomic E-state index is 13.5. The van der Waals surface area contributed by atoms with Gasteiger partial charge in [-0.05, 0) is 47.4 Å². The van der Waals surface area contributed by atoms with Gasteiger partial charge in [-0.2, -0.15) is 0 Å². The zero-order chi connectivity index (χ0) is 14.7. The first kappa shape index (κ1) is 14.6. The lowest BCUT2D eigenvalue weighted by Crippen LogP contribution is -2.28. The van der Waals surface area contributed by atoms with Crippen LogP contribution in [0.25, 0.3) is 0 Å². The monoisotopic (exact) mass is 301 g/mol. The molecule has 2 aromatic rings. The predicted molar refractivity (Wildman–Crippen MR) is 87.3 cm³/mol. The largest absolute Gasteiger partial charge is 0.309 e. The molecule has 2 aromatic carbocycles. The van der Waals surface area contributed by atoms with Gasteiger partial charge in [0, 0.05) is 17.5 Å². The molecule has 1 aliphatic heterocycles. The number of thioether (sulfide) groups is 1. The molecule has 110 valence electrons. The molecular weight excluding hydrogens is 281 g/mol. The van der Waals surface area contributed by atoms with Gasteiger partial charge in [-0.1, -0.05) is 37.3 Å². The van der Waals surface area contributed by atoms with E-state index in [0.717, 1.165) is 24.3 Å². The fourth-order valence-corrected chi connectivity index (χ4v) is 3.90. The van der Waals surface area contributed by atoms with Gasteiger partial charge in [0.25, 0.3) is 0 Å². The maximum Gasteiger partial charge on any atom is 0.123 e. The first-order valence-electron chi connectivity index (χ1n) is 7.44. The van der Waals surface area contributed by atoms with Crippen molar-refractivity contribution in [1.29, 1.82) is 0 Å². The summed E-state index contributed by atoms with van der Waals surface area (Å²) in [6.07, 6.45) is 1.06. The Kier molecular flexibility index (Phi) is 4.61. The smallest absolute Gasteiger partial charge is 0.123 e. The molecule has 2 unspecified atom stereocenters. The lowest BCUT2D eigenvalue weighted by atomic mass is 9.99. The number of halogens is 1. The second-order valence-electron chi connectivity index (χ2n) is 5.59. The van der Waals surface area contributed by atoms with Crippen molar-refractivity contribution in [3.05, 3.63) is 65.5 Å². The Balaban J connectivity index is 1.68. The van der Waals surface area contributed by atoms with Crippen LogP contribution in [0.4, 0.5) is 4.39 Å². The number of hydrogen-bond acceptors (Lipinski definition) is 2. The van der Waals surface area contributed by atoms with Crippen molar-refractivity contribution in [3.63, 3.8) is 0 Å². The third-order valence-corrected chi connectivity index (χ3v) is 5.17. The number of rotatable bonds is 4. The highest BCUT2D eigenvalue weighted by atomic mass is 32.2. The van der Waals surface area contributed by atoms with Crippen molar-refractivity contribution in [1.82, 2.24) is 5.32 Å². The normalized spacial score (nSPS) is 19.0. The van der Waals surface area contributed by atoms with Gasteiger partial charge in [0.1, 0.15) is 5.82 Å². The second-order valence-corrected chi connectivity index (χ2v) is 6.73. The summed E-state index contributed by atoms with van der Waals surface area (Å²) in [5, 5.41) is 3.62. The predicted octanol–water partition coefficient (Wildman–Crippen LogP) is 4.76. The van der Waals surface area contributed by atoms with E-state index >= 15 is 0 Å². The summed E-state index contributed by atoms with van der Waals surface area (Å²) in [6, 6.07) is 15.9. The van der Waals surface area contributed by atoms with Crippen LogP contribution in [0, 0.1) is 5.82 Å². The van der Waals surface area contributed by atoms with Crippen LogP contribution in [-0.2, 0) is 0 Å². The zero-order valence-electron chi connectivity index (χ0n) is 12.2. The molecule has 0 fully saturated rings. The third-order valence-electron chi connectivity index (χ3n) is 4.05. The molecule has 0 radical (unpaired) electrons. The summed E-state index contributed by atoms with van der Waals surface area (Å²) in [4.78, 5) is 1.22. The zero-order valence-corrected chi connectivity index (χ0v) is 13.0. The maximum absolute atomic E-state index is 13.5. The minimum Gasteiger partial charge on any atom is -0.309 e. The second kappa shape index (κ2) is 6.63. The van der Waals surface area contributed by atoms with Crippen LogP contribution in [0.3, 0.4) is 0 Å².